The minimum Gasteiger partial charge on any atom is -0.341 e. The zero-order valence-corrected chi connectivity index (χ0v) is 16.8. The molecule has 0 amide bonds. The first-order valence-electron chi connectivity index (χ1n) is 10.1. The van der Waals surface area contributed by atoms with Crippen molar-refractivity contribution in [1.29, 1.82) is 0 Å². The molecule has 4 aromatic rings. The van der Waals surface area contributed by atoms with Crippen LogP contribution in [0.15, 0.2) is 76.0 Å². The zero-order chi connectivity index (χ0) is 22.3. The van der Waals surface area contributed by atoms with Crippen molar-refractivity contribution in [1.82, 2.24) is 10.1 Å². The molecule has 0 radical (unpaired) electrons. The predicted octanol–water partition coefficient (Wildman–Crippen LogP) is 5.80. The Morgan fingerprint density at radius 1 is 0.938 bits per heavy atom. The molecule has 0 spiro atoms. The van der Waals surface area contributed by atoms with Gasteiger partial charge >= 0.3 is 11.9 Å². The second-order valence-electron chi connectivity index (χ2n) is 7.63. The summed E-state index contributed by atoms with van der Waals surface area (Å²) in [5, 5.41) is 3.71. The Morgan fingerprint density at radius 2 is 1.66 bits per heavy atom. The molecular weight excluding hydrogens is 419 g/mol. The van der Waals surface area contributed by atoms with Gasteiger partial charge < -0.3 is 4.90 Å². The monoisotopic (exact) mass is 437 g/mol. The standard InChI is InChI=1S/C24H18F3N3O2/c25-24(26,27)18-10-6-15(7-11-18)20-5-1-3-16-4-2-14-30(21(16)20)19-12-8-17(9-13-19)22-28-23(31)32-29-22/h1,3,5-13H,2,4,14H2,(H,28,29,31). The number of aromatic nitrogens is 2. The van der Waals surface area contributed by atoms with Crippen LogP contribution in [0.5, 0.6) is 0 Å². The summed E-state index contributed by atoms with van der Waals surface area (Å²) in [6, 6.07) is 18.8. The molecular formula is C24H18F3N3O2. The summed E-state index contributed by atoms with van der Waals surface area (Å²) in [6.45, 7) is 0.783. The lowest BCUT2D eigenvalue weighted by Gasteiger charge is -2.33. The molecule has 32 heavy (non-hydrogen) atoms. The van der Waals surface area contributed by atoms with E-state index in [9.17, 15) is 18.0 Å². The van der Waals surface area contributed by atoms with Crippen LogP contribution in [0.2, 0.25) is 0 Å². The van der Waals surface area contributed by atoms with Crippen LogP contribution < -0.4 is 10.7 Å². The van der Waals surface area contributed by atoms with Gasteiger partial charge in [0.1, 0.15) is 0 Å². The van der Waals surface area contributed by atoms with Crippen LogP contribution in [-0.4, -0.2) is 16.7 Å². The Bertz CT molecular complexity index is 1310. The highest BCUT2D eigenvalue weighted by molar-refractivity contribution is 5.85. The van der Waals surface area contributed by atoms with Gasteiger partial charge in [0.15, 0.2) is 5.82 Å². The first kappa shape index (κ1) is 20.1. The predicted molar refractivity (Wildman–Crippen MR) is 115 cm³/mol. The lowest BCUT2D eigenvalue weighted by Crippen LogP contribution is -2.25. The van der Waals surface area contributed by atoms with Gasteiger partial charge in [-0.3, -0.25) is 9.51 Å². The number of nitrogens with one attached hydrogen (secondary N) is 1. The maximum Gasteiger partial charge on any atom is 0.439 e. The molecule has 0 fully saturated rings. The lowest BCUT2D eigenvalue weighted by molar-refractivity contribution is -0.137. The SMILES string of the molecule is O=c1[nH]c(-c2ccc(N3CCCc4cccc(-c5ccc(C(F)(F)F)cc5)c43)cc2)no1. The van der Waals surface area contributed by atoms with E-state index in [0.717, 1.165) is 59.6 Å². The smallest absolute Gasteiger partial charge is 0.341 e. The number of anilines is 2. The molecule has 0 saturated heterocycles. The van der Waals surface area contributed by atoms with Gasteiger partial charge in [-0.1, -0.05) is 35.5 Å². The first-order chi connectivity index (χ1) is 15.4. The number of H-pyrrole nitrogens is 1. The summed E-state index contributed by atoms with van der Waals surface area (Å²) in [6.07, 6.45) is -2.50. The number of hydrogen-bond acceptors (Lipinski definition) is 4. The molecule has 1 aromatic heterocycles. The molecule has 162 valence electrons. The Balaban J connectivity index is 1.54. The van der Waals surface area contributed by atoms with E-state index >= 15 is 0 Å². The number of aromatic amines is 1. The van der Waals surface area contributed by atoms with Crippen LogP contribution in [0.1, 0.15) is 17.5 Å². The zero-order valence-electron chi connectivity index (χ0n) is 16.8. The van der Waals surface area contributed by atoms with E-state index in [4.69, 9.17) is 0 Å². The molecule has 8 heteroatoms. The van der Waals surface area contributed by atoms with Crippen LogP contribution in [0.3, 0.4) is 0 Å². The number of aryl methyl sites for hydroxylation is 1. The Kier molecular flexibility index (Phi) is 4.84. The maximum absolute atomic E-state index is 13.0. The number of nitrogens with zero attached hydrogens (tertiary/aromatic N) is 2. The average Bonchev–Trinajstić information content (AvgIpc) is 3.24. The molecule has 5 rings (SSSR count). The van der Waals surface area contributed by atoms with E-state index in [0.29, 0.717) is 11.4 Å². The third kappa shape index (κ3) is 3.68. The van der Waals surface area contributed by atoms with Gasteiger partial charge in [0.2, 0.25) is 0 Å². The Labute approximate surface area is 181 Å². The summed E-state index contributed by atoms with van der Waals surface area (Å²) < 4.78 is 43.6. The molecule has 1 aliphatic heterocycles. The summed E-state index contributed by atoms with van der Waals surface area (Å²) in [5.74, 6) is -0.263. The van der Waals surface area contributed by atoms with Crippen molar-refractivity contribution in [2.24, 2.45) is 0 Å². The Morgan fingerprint density at radius 3 is 2.31 bits per heavy atom. The normalized spacial score (nSPS) is 13.8. The molecule has 0 atom stereocenters. The third-order valence-corrected chi connectivity index (χ3v) is 5.63. The van der Waals surface area contributed by atoms with Crippen molar-refractivity contribution in [3.05, 3.63) is 88.4 Å². The summed E-state index contributed by atoms with van der Waals surface area (Å²) in [5.41, 5.74) is 4.77. The molecule has 0 saturated carbocycles. The largest absolute Gasteiger partial charge is 0.439 e. The molecule has 2 heterocycles. The van der Waals surface area contributed by atoms with E-state index in [1.807, 2.05) is 36.4 Å². The van der Waals surface area contributed by atoms with Crippen molar-refractivity contribution in [2.45, 2.75) is 19.0 Å². The second kappa shape index (κ2) is 7.71. The van der Waals surface area contributed by atoms with Crippen LogP contribution in [-0.2, 0) is 12.6 Å². The van der Waals surface area contributed by atoms with Crippen LogP contribution >= 0.6 is 0 Å². The number of hydrogen-bond donors (Lipinski definition) is 1. The molecule has 0 unspecified atom stereocenters. The average molecular weight is 437 g/mol. The van der Waals surface area contributed by atoms with E-state index in [-0.39, 0.29) is 0 Å². The molecule has 3 aromatic carbocycles. The lowest BCUT2D eigenvalue weighted by atomic mass is 9.93. The van der Waals surface area contributed by atoms with E-state index in [2.05, 4.69) is 25.6 Å². The molecule has 1 N–H and O–H groups in total. The second-order valence-corrected chi connectivity index (χ2v) is 7.63. The highest BCUT2D eigenvalue weighted by Crippen LogP contribution is 2.42. The topological polar surface area (TPSA) is 62.1 Å². The summed E-state index contributed by atoms with van der Waals surface area (Å²) in [4.78, 5) is 15.9. The van der Waals surface area contributed by atoms with Gasteiger partial charge in [-0.25, -0.2) is 4.79 Å². The molecule has 1 aliphatic rings. The van der Waals surface area contributed by atoms with Gasteiger partial charge in [0.25, 0.3) is 0 Å². The number of para-hydroxylation sites is 1. The van der Waals surface area contributed by atoms with Gasteiger partial charge in [0, 0.05) is 23.4 Å². The number of halogens is 3. The number of alkyl halides is 3. The summed E-state index contributed by atoms with van der Waals surface area (Å²) >= 11 is 0. The molecule has 5 nitrogen and oxygen atoms in total. The first-order valence-corrected chi connectivity index (χ1v) is 10.1. The van der Waals surface area contributed by atoms with Gasteiger partial charge in [0.05, 0.1) is 11.3 Å². The van der Waals surface area contributed by atoms with Crippen molar-refractivity contribution in [3.8, 4) is 22.5 Å². The number of benzene rings is 3. The van der Waals surface area contributed by atoms with Crippen molar-refractivity contribution in [2.75, 3.05) is 11.4 Å². The van der Waals surface area contributed by atoms with Gasteiger partial charge in [-0.15, -0.1) is 0 Å². The fraction of sp³-hybridized carbons (Fsp3) is 0.167. The minimum atomic E-state index is -4.36. The van der Waals surface area contributed by atoms with Crippen molar-refractivity contribution < 1.29 is 17.7 Å². The minimum absolute atomic E-state index is 0.353. The maximum atomic E-state index is 13.0. The fourth-order valence-corrected chi connectivity index (χ4v) is 4.13. The highest BCUT2D eigenvalue weighted by Gasteiger charge is 2.30. The van der Waals surface area contributed by atoms with E-state index in [1.54, 1.807) is 0 Å². The molecule has 0 aliphatic carbocycles. The fourth-order valence-electron chi connectivity index (χ4n) is 4.13. The number of fused-ring (bicyclic) bond motifs is 1. The molecule has 0 bridgehead atoms. The van der Waals surface area contributed by atoms with Crippen LogP contribution in [0.4, 0.5) is 24.5 Å². The third-order valence-electron chi connectivity index (χ3n) is 5.63. The highest BCUT2D eigenvalue weighted by atomic mass is 19.4. The van der Waals surface area contributed by atoms with Gasteiger partial charge in [-0.2, -0.15) is 13.2 Å². The van der Waals surface area contributed by atoms with Crippen LogP contribution in [0.25, 0.3) is 22.5 Å². The van der Waals surface area contributed by atoms with E-state index in [1.165, 1.54) is 12.1 Å². The Hall–Kier alpha value is -3.81. The van der Waals surface area contributed by atoms with Gasteiger partial charge in [-0.05, 0) is 60.4 Å². The van der Waals surface area contributed by atoms with Crippen molar-refractivity contribution in [3.63, 3.8) is 0 Å². The van der Waals surface area contributed by atoms with E-state index < -0.39 is 17.5 Å². The number of rotatable bonds is 3. The van der Waals surface area contributed by atoms with Crippen molar-refractivity contribution >= 4 is 11.4 Å². The summed E-state index contributed by atoms with van der Waals surface area (Å²) in [7, 11) is 0. The quantitative estimate of drug-likeness (QED) is 0.440. The van der Waals surface area contributed by atoms with Crippen LogP contribution in [0, 0.1) is 0 Å².